The van der Waals surface area contributed by atoms with Crippen molar-refractivity contribution < 1.29 is 18.7 Å². The maximum Gasteiger partial charge on any atom is 0.322 e. The number of urea groups is 1. The molecule has 184 valence electrons. The van der Waals surface area contributed by atoms with Gasteiger partial charge >= 0.3 is 6.03 Å². The third-order valence-corrected chi connectivity index (χ3v) is 7.40. The Morgan fingerprint density at radius 1 is 1.22 bits per heavy atom. The molecule has 9 nitrogen and oxygen atoms in total. The molecular formula is C25H21ClFN5O4. The van der Waals surface area contributed by atoms with Crippen LogP contribution in [0.3, 0.4) is 0 Å². The molecule has 3 aliphatic heterocycles. The number of carbonyl (C=O) groups is 2. The summed E-state index contributed by atoms with van der Waals surface area (Å²) >= 11 is 6.52. The molecule has 0 aliphatic carbocycles. The fourth-order valence-electron chi connectivity index (χ4n) is 5.30. The normalized spacial score (nSPS) is 20.0. The Balaban J connectivity index is 1.27. The number of nitrogens with zero attached hydrogens (tertiary/aromatic N) is 3. The van der Waals surface area contributed by atoms with Crippen molar-refractivity contribution in [2.75, 3.05) is 23.9 Å². The van der Waals surface area contributed by atoms with Gasteiger partial charge in [0.05, 0.1) is 28.1 Å². The summed E-state index contributed by atoms with van der Waals surface area (Å²) in [6.07, 6.45) is 2.01. The van der Waals surface area contributed by atoms with Crippen LogP contribution in [-0.4, -0.2) is 46.7 Å². The molecule has 36 heavy (non-hydrogen) atoms. The summed E-state index contributed by atoms with van der Waals surface area (Å²) in [4.78, 5) is 40.0. The number of fused-ring (bicyclic) bond motifs is 5. The van der Waals surface area contributed by atoms with Gasteiger partial charge in [0.2, 0.25) is 0 Å². The smallest absolute Gasteiger partial charge is 0.322 e. The number of benzene rings is 2. The molecule has 6 rings (SSSR count). The van der Waals surface area contributed by atoms with Crippen LogP contribution in [0.25, 0.3) is 11.1 Å². The zero-order valence-electron chi connectivity index (χ0n) is 19.2. The van der Waals surface area contributed by atoms with Crippen LogP contribution in [0.5, 0.6) is 5.75 Å². The highest BCUT2D eigenvalue weighted by atomic mass is 35.5. The minimum absolute atomic E-state index is 0.0368. The largest absolute Gasteiger partial charge is 0.482 e. The van der Waals surface area contributed by atoms with Crippen LogP contribution in [0, 0.1) is 5.82 Å². The fourth-order valence-corrected chi connectivity index (χ4v) is 5.57. The predicted octanol–water partition coefficient (Wildman–Crippen LogP) is 3.88. The Morgan fingerprint density at radius 3 is 2.89 bits per heavy atom. The third-order valence-electron chi connectivity index (χ3n) is 7.08. The molecule has 2 N–H and O–H groups in total. The molecule has 3 aliphatic rings. The maximum atomic E-state index is 15.2. The molecule has 0 saturated carbocycles. The van der Waals surface area contributed by atoms with Crippen molar-refractivity contribution in [3.63, 3.8) is 0 Å². The van der Waals surface area contributed by atoms with Crippen molar-refractivity contribution >= 4 is 34.9 Å². The lowest BCUT2D eigenvalue weighted by atomic mass is 9.99. The first-order chi connectivity index (χ1) is 17.3. The number of likely N-dealkylation sites (N-methyl/N-ethyl adjacent to an activating group) is 1. The molecule has 1 fully saturated rings. The van der Waals surface area contributed by atoms with Crippen molar-refractivity contribution in [3.05, 3.63) is 68.8 Å². The number of halogens is 2. The van der Waals surface area contributed by atoms with Gasteiger partial charge in [0.25, 0.3) is 11.5 Å². The predicted molar refractivity (Wildman–Crippen MR) is 131 cm³/mol. The van der Waals surface area contributed by atoms with E-state index in [2.05, 4.69) is 15.5 Å². The number of H-pyrrole nitrogens is 1. The fraction of sp³-hybridized carbons (Fsp3) is 0.280. The third kappa shape index (κ3) is 3.60. The standard InChI is InChI=1S/C25H21ClFN5O4/c1-31-20-7-12(2-5-21(20)36-11-23(31)34)15-9-17(27)18(10-16(15)26)28-25(35)32-14-3-4-19(32)24-13(6-14)8-22(33)29-30-24/h2,5,7-10,14,19H,3-4,6,11H2,1H3,(H,28,35)(H,29,33)/t14-,19+/m0/s1. The summed E-state index contributed by atoms with van der Waals surface area (Å²) < 4.78 is 20.6. The second-order valence-corrected chi connectivity index (χ2v) is 9.57. The maximum absolute atomic E-state index is 15.2. The number of rotatable bonds is 2. The van der Waals surface area contributed by atoms with E-state index in [4.69, 9.17) is 16.3 Å². The van der Waals surface area contributed by atoms with E-state index < -0.39 is 11.8 Å². The first-order valence-corrected chi connectivity index (χ1v) is 11.9. The van der Waals surface area contributed by atoms with Crippen molar-refractivity contribution in [1.29, 1.82) is 0 Å². The van der Waals surface area contributed by atoms with E-state index in [1.165, 1.54) is 23.1 Å². The number of aromatic amines is 1. The second-order valence-electron chi connectivity index (χ2n) is 9.17. The van der Waals surface area contributed by atoms with Crippen molar-refractivity contribution in [2.45, 2.75) is 31.3 Å². The van der Waals surface area contributed by atoms with E-state index in [1.54, 1.807) is 30.1 Å². The molecule has 1 saturated heterocycles. The van der Waals surface area contributed by atoms with Gasteiger partial charge < -0.3 is 19.9 Å². The number of amides is 3. The lowest BCUT2D eigenvalue weighted by Gasteiger charge is -2.35. The Kier molecular flexibility index (Phi) is 5.22. The van der Waals surface area contributed by atoms with Crippen molar-refractivity contribution in [2.24, 2.45) is 0 Å². The molecule has 0 unspecified atom stereocenters. The molecule has 3 amide bonds. The highest BCUT2D eigenvalue weighted by molar-refractivity contribution is 6.33. The summed E-state index contributed by atoms with van der Waals surface area (Å²) in [5, 5.41) is 9.51. The van der Waals surface area contributed by atoms with E-state index in [0.717, 1.165) is 12.0 Å². The lowest BCUT2D eigenvalue weighted by Crippen LogP contribution is -2.45. The number of nitrogens with one attached hydrogen (secondary N) is 2. The van der Waals surface area contributed by atoms with Gasteiger partial charge in [-0.15, -0.1) is 0 Å². The molecule has 3 aromatic rings. The van der Waals surface area contributed by atoms with Crippen molar-refractivity contribution in [1.82, 2.24) is 15.1 Å². The Morgan fingerprint density at radius 2 is 2.06 bits per heavy atom. The van der Waals surface area contributed by atoms with Crippen molar-refractivity contribution in [3.8, 4) is 16.9 Å². The van der Waals surface area contributed by atoms with E-state index in [9.17, 15) is 14.4 Å². The second kappa shape index (κ2) is 8.34. The van der Waals surface area contributed by atoms with E-state index >= 15 is 4.39 Å². The summed E-state index contributed by atoms with van der Waals surface area (Å²) in [6, 6.07) is 8.50. The molecule has 0 radical (unpaired) electrons. The lowest BCUT2D eigenvalue weighted by molar-refractivity contribution is -0.120. The van der Waals surface area contributed by atoms with Gasteiger partial charge in [-0.1, -0.05) is 17.7 Å². The summed E-state index contributed by atoms with van der Waals surface area (Å²) in [7, 11) is 1.65. The van der Waals surface area contributed by atoms with E-state index in [-0.39, 0.29) is 40.9 Å². The SMILES string of the molecule is CN1C(=O)COc2ccc(-c3cc(F)c(NC(=O)N4[C@H]5CC[C@@H]4c4n[nH]c(=O)cc4C5)cc3Cl)cc21. The highest BCUT2D eigenvalue weighted by Gasteiger charge is 2.44. The first-order valence-electron chi connectivity index (χ1n) is 11.5. The summed E-state index contributed by atoms with van der Waals surface area (Å²) in [5.74, 6) is -0.281. The molecule has 2 bridgehead atoms. The topological polar surface area (TPSA) is 108 Å². The number of ether oxygens (including phenoxy) is 1. The van der Waals surface area contributed by atoms with Crippen LogP contribution in [0.2, 0.25) is 5.02 Å². The van der Waals surface area contributed by atoms with Gasteiger partial charge in [0.1, 0.15) is 11.6 Å². The van der Waals surface area contributed by atoms with Crippen LogP contribution < -0.4 is 20.5 Å². The average Bonchev–Trinajstić information content (AvgIpc) is 3.18. The quantitative estimate of drug-likeness (QED) is 0.545. The minimum atomic E-state index is -0.645. The number of hydrogen-bond donors (Lipinski definition) is 2. The zero-order valence-corrected chi connectivity index (χ0v) is 19.9. The molecule has 2 atom stereocenters. The molecule has 2 aromatic carbocycles. The molecule has 0 spiro atoms. The zero-order chi connectivity index (χ0) is 25.1. The number of aromatic nitrogens is 2. The average molecular weight is 510 g/mol. The highest BCUT2D eigenvalue weighted by Crippen LogP contribution is 2.43. The molecular weight excluding hydrogens is 489 g/mol. The van der Waals surface area contributed by atoms with Gasteiger partial charge in [-0.2, -0.15) is 5.10 Å². The number of carbonyl (C=O) groups excluding carboxylic acids is 2. The Hall–Kier alpha value is -3.92. The molecule has 4 heterocycles. The van der Waals surface area contributed by atoms with Crippen LogP contribution in [0.4, 0.5) is 20.6 Å². The van der Waals surface area contributed by atoms with E-state index in [1.807, 2.05) is 0 Å². The van der Waals surface area contributed by atoms with Gasteiger partial charge in [0.15, 0.2) is 6.61 Å². The van der Waals surface area contributed by atoms with Gasteiger partial charge in [-0.25, -0.2) is 14.3 Å². The Bertz CT molecular complexity index is 1490. The van der Waals surface area contributed by atoms with Gasteiger partial charge in [0, 0.05) is 24.7 Å². The number of hydrogen-bond acceptors (Lipinski definition) is 5. The molecule has 1 aromatic heterocycles. The van der Waals surface area contributed by atoms with Gasteiger partial charge in [-0.3, -0.25) is 9.59 Å². The van der Waals surface area contributed by atoms with Gasteiger partial charge in [-0.05, 0) is 54.7 Å². The van der Waals surface area contributed by atoms with E-state index in [0.29, 0.717) is 41.1 Å². The van der Waals surface area contributed by atoms with Crippen LogP contribution >= 0.6 is 11.6 Å². The van der Waals surface area contributed by atoms with Crippen LogP contribution in [0.15, 0.2) is 41.2 Å². The number of anilines is 2. The minimum Gasteiger partial charge on any atom is -0.482 e. The Labute approximate surface area is 209 Å². The summed E-state index contributed by atoms with van der Waals surface area (Å²) in [5.41, 5.74) is 2.79. The van der Waals surface area contributed by atoms with Crippen LogP contribution in [-0.2, 0) is 11.2 Å². The monoisotopic (exact) mass is 509 g/mol. The molecule has 11 heteroatoms. The van der Waals surface area contributed by atoms with Crippen LogP contribution in [0.1, 0.15) is 30.1 Å². The summed E-state index contributed by atoms with van der Waals surface area (Å²) in [6.45, 7) is -0.0368. The first kappa shape index (κ1) is 22.5.